The summed E-state index contributed by atoms with van der Waals surface area (Å²) in [6.45, 7) is 3.84. The molecule has 2 aromatic rings. The second-order valence-corrected chi connectivity index (χ2v) is 5.59. The summed E-state index contributed by atoms with van der Waals surface area (Å²) in [6, 6.07) is 8.72. The van der Waals surface area contributed by atoms with Crippen LogP contribution in [0.4, 0.5) is 11.4 Å². The molecule has 0 saturated heterocycles. The highest BCUT2D eigenvalue weighted by Gasteiger charge is 2.13. The van der Waals surface area contributed by atoms with Gasteiger partial charge in [-0.2, -0.15) is 0 Å². The molecule has 0 saturated carbocycles. The van der Waals surface area contributed by atoms with Crippen molar-refractivity contribution in [3.8, 4) is 0 Å². The van der Waals surface area contributed by atoms with E-state index in [9.17, 15) is 9.90 Å². The summed E-state index contributed by atoms with van der Waals surface area (Å²) in [4.78, 5) is 11.4. The Labute approximate surface area is 133 Å². The molecule has 2 aromatic carbocycles. The van der Waals surface area contributed by atoms with E-state index in [1.54, 1.807) is 24.3 Å². The number of aryl methyl sites for hydroxylation is 2. The topological polar surface area (TPSA) is 49.3 Å². The van der Waals surface area contributed by atoms with Gasteiger partial charge in [0.1, 0.15) is 0 Å². The number of aromatic carboxylic acids is 1. The summed E-state index contributed by atoms with van der Waals surface area (Å²) in [5, 5.41) is 13.4. The van der Waals surface area contributed by atoms with Gasteiger partial charge in [0.2, 0.25) is 0 Å². The first-order chi connectivity index (χ1) is 9.92. The number of anilines is 2. The standard InChI is InChI=1S/C16H15Cl2NO2/c1-3-10-4-5-14(12(7-10)16(20)21)19-15-9(2)6-11(17)8-13(15)18/h4-8,19H,3H2,1-2H3,(H,20,21). The highest BCUT2D eigenvalue weighted by molar-refractivity contribution is 6.36. The second kappa shape index (κ2) is 6.37. The molecule has 0 amide bonds. The third-order valence-corrected chi connectivity index (χ3v) is 3.75. The van der Waals surface area contributed by atoms with E-state index < -0.39 is 5.97 Å². The van der Waals surface area contributed by atoms with Gasteiger partial charge in [-0.05, 0) is 48.7 Å². The van der Waals surface area contributed by atoms with Crippen LogP contribution in [0.5, 0.6) is 0 Å². The number of hydrogen-bond acceptors (Lipinski definition) is 2. The maximum absolute atomic E-state index is 11.4. The fourth-order valence-corrected chi connectivity index (χ4v) is 2.73. The summed E-state index contributed by atoms with van der Waals surface area (Å²) in [6.07, 6.45) is 0.779. The lowest BCUT2D eigenvalue weighted by molar-refractivity contribution is 0.0698. The molecule has 0 aliphatic rings. The Morgan fingerprint density at radius 1 is 1.24 bits per heavy atom. The molecule has 0 atom stereocenters. The third kappa shape index (κ3) is 3.49. The lowest BCUT2D eigenvalue weighted by Crippen LogP contribution is -2.05. The van der Waals surface area contributed by atoms with Crippen LogP contribution in [0.1, 0.15) is 28.4 Å². The molecule has 0 heterocycles. The molecular formula is C16H15Cl2NO2. The number of hydrogen-bond donors (Lipinski definition) is 2. The lowest BCUT2D eigenvalue weighted by Gasteiger charge is -2.15. The molecule has 0 aromatic heterocycles. The fraction of sp³-hybridized carbons (Fsp3) is 0.188. The number of nitrogens with one attached hydrogen (secondary N) is 1. The molecule has 2 N–H and O–H groups in total. The van der Waals surface area contributed by atoms with Crippen molar-refractivity contribution in [2.45, 2.75) is 20.3 Å². The summed E-state index contributed by atoms with van der Waals surface area (Å²) >= 11 is 12.1. The van der Waals surface area contributed by atoms with Gasteiger partial charge in [0, 0.05) is 5.02 Å². The molecule has 0 radical (unpaired) electrons. The van der Waals surface area contributed by atoms with Crippen molar-refractivity contribution in [3.63, 3.8) is 0 Å². The number of carboxylic acid groups (broad SMARTS) is 1. The number of carboxylic acids is 1. The summed E-state index contributed by atoms with van der Waals surface area (Å²) in [7, 11) is 0. The van der Waals surface area contributed by atoms with Crippen molar-refractivity contribution in [3.05, 3.63) is 57.1 Å². The van der Waals surface area contributed by atoms with Crippen LogP contribution in [0.25, 0.3) is 0 Å². The molecule has 0 aliphatic heterocycles. The molecule has 0 unspecified atom stereocenters. The smallest absolute Gasteiger partial charge is 0.337 e. The fourth-order valence-electron chi connectivity index (χ4n) is 2.09. The predicted molar refractivity (Wildman–Crippen MR) is 87.3 cm³/mol. The SMILES string of the molecule is CCc1ccc(Nc2c(C)cc(Cl)cc2Cl)c(C(=O)O)c1. The van der Waals surface area contributed by atoms with Crippen LogP contribution in [0, 0.1) is 6.92 Å². The minimum Gasteiger partial charge on any atom is -0.478 e. The molecule has 5 heteroatoms. The molecule has 110 valence electrons. The molecule has 0 bridgehead atoms. The average molecular weight is 324 g/mol. The van der Waals surface area contributed by atoms with Crippen molar-refractivity contribution in [1.29, 1.82) is 0 Å². The predicted octanol–water partition coefficient (Wildman–Crippen LogP) is 5.31. The Morgan fingerprint density at radius 2 is 1.95 bits per heavy atom. The number of carbonyl (C=O) groups is 1. The summed E-state index contributed by atoms with van der Waals surface area (Å²) < 4.78 is 0. The Balaban J connectivity index is 2.47. The molecule has 3 nitrogen and oxygen atoms in total. The van der Waals surface area contributed by atoms with E-state index >= 15 is 0 Å². The van der Waals surface area contributed by atoms with Crippen LogP contribution in [0.2, 0.25) is 10.0 Å². The van der Waals surface area contributed by atoms with Gasteiger partial charge in [0.05, 0.1) is 22.0 Å². The molecule has 0 spiro atoms. The second-order valence-electron chi connectivity index (χ2n) is 4.74. The Bertz CT molecular complexity index is 676. The van der Waals surface area contributed by atoms with Gasteiger partial charge in [-0.3, -0.25) is 0 Å². The van der Waals surface area contributed by atoms with Crippen molar-refractivity contribution in [2.75, 3.05) is 5.32 Å². The Kier molecular flexibility index (Phi) is 4.76. The van der Waals surface area contributed by atoms with Crippen molar-refractivity contribution < 1.29 is 9.90 Å². The lowest BCUT2D eigenvalue weighted by atomic mass is 10.1. The van der Waals surface area contributed by atoms with Crippen molar-refractivity contribution >= 4 is 40.5 Å². The van der Waals surface area contributed by atoms with Crippen LogP contribution in [0.3, 0.4) is 0 Å². The minimum atomic E-state index is -0.976. The first kappa shape index (κ1) is 15.7. The summed E-state index contributed by atoms with van der Waals surface area (Å²) in [5.74, 6) is -0.976. The van der Waals surface area contributed by atoms with Crippen LogP contribution < -0.4 is 5.32 Å². The van der Waals surface area contributed by atoms with Crippen molar-refractivity contribution in [2.24, 2.45) is 0 Å². The van der Waals surface area contributed by atoms with Crippen LogP contribution in [-0.4, -0.2) is 11.1 Å². The maximum atomic E-state index is 11.4. The zero-order valence-corrected chi connectivity index (χ0v) is 13.2. The van der Waals surface area contributed by atoms with E-state index in [2.05, 4.69) is 5.32 Å². The van der Waals surface area contributed by atoms with Gasteiger partial charge >= 0.3 is 5.97 Å². The van der Waals surface area contributed by atoms with E-state index in [4.69, 9.17) is 23.2 Å². The highest BCUT2D eigenvalue weighted by atomic mass is 35.5. The van der Waals surface area contributed by atoms with Gasteiger partial charge in [0.15, 0.2) is 0 Å². The molecule has 2 rings (SSSR count). The normalized spacial score (nSPS) is 10.5. The van der Waals surface area contributed by atoms with Gasteiger partial charge in [-0.15, -0.1) is 0 Å². The van der Waals surface area contributed by atoms with Crippen LogP contribution >= 0.6 is 23.2 Å². The first-order valence-corrected chi connectivity index (χ1v) is 7.27. The van der Waals surface area contributed by atoms with E-state index in [0.717, 1.165) is 17.5 Å². The minimum absolute atomic E-state index is 0.222. The van der Waals surface area contributed by atoms with Crippen LogP contribution in [0.15, 0.2) is 30.3 Å². The van der Waals surface area contributed by atoms with E-state index in [-0.39, 0.29) is 5.56 Å². The zero-order valence-electron chi connectivity index (χ0n) is 11.7. The molecule has 0 aliphatic carbocycles. The van der Waals surface area contributed by atoms with Gasteiger partial charge < -0.3 is 10.4 Å². The van der Waals surface area contributed by atoms with Gasteiger partial charge in [-0.25, -0.2) is 4.79 Å². The van der Waals surface area contributed by atoms with Gasteiger partial charge in [-0.1, -0.05) is 36.2 Å². The third-order valence-electron chi connectivity index (χ3n) is 3.23. The highest BCUT2D eigenvalue weighted by Crippen LogP contribution is 2.33. The largest absolute Gasteiger partial charge is 0.478 e. The first-order valence-electron chi connectivity index (χ1n) is 6.51. The van der Waals surface area contributed by atoms with E-state index in [0.29, 0.717) is 21.4 Å². The van der Waals surface area contributed by atoms with Crippen molar-refractivity contribution in [1.82, 2.24) is 0 Å². The van der Waals surface area contributed by atoms with Crippen LogP contribution in [-0.2, 0) is 6.42 Å². The number of halogens is 2. The quantitative estimate of drug-likeness (QED) is 0.801. The Hall–Kier alpha value is -1.71. The molecule has 0 fully saturated rings. The zero-order chi connectivity index (χ0) is 15.6. The van der Waals surface area contributed by atoms with E-state index in [1.165, 1.54) is 0 Å². The van der Waals surface area contributed by atoms with E-state index in [1.807, 2.05) is 19.9 Å². The average Bonchev–Trinajstić information content (AvgIpc) is 2.42. The molecule has 21 heavy (non-hydrogen) atoms. The number of benzene rings is 2. The molecular weight excluding hydrogens is 309 g/mol. The number of rotatable bonds is 4. The Morgan fingerprint density at radius 3 is 2.52 bits per heavy atom. The van der Waals surface area contributed by atoms with Gasteiger partial charge in [0.25, 0.3) is 0 Å². The maximum Gasteiger partial charge on any atom is 0.337 e. The monoisotopic (exact) mass is 323 g/mol. The summed E-state index contributed by atoms with van der Waals surface area (Å²) in [5.41, 5.74) is 3.21.